The highest BCUT2D eigenvalue weighted by molar-refractivity contribution is 7.91. The van der Waals surface area contributed by atoms with Crippen molar-refractivity contribution in [1.29, 1.82) is 0 Å². The maximum absolute atomic E-state index is 13.7. The van der Waals surface area contributed by atoms with Gasteiger partial charge in [-0.1, -0.05) is 17.1 Å². The molecule has 176 valence electrons. The Morgan fingerprint density at radius 2 is 1.94 bits per heavy atom. The summed E-state index contributed by atoms with van der Waals surface area (Å²) in [6.45, 7) is 6.61. The minimum Gasteiger partial charge on any atom is -0.375 e. The number of nitrogens with zero attached hydrogens (tertiary/aromatic N) is 3. The van der Waals surface area contributed by atoms with Crippen molar-refractivity contribution in [3.63, 3.8) is 0 Å². The van der Waals surface area contributed by atoms with Crippen molar-refractivity contribution in [3.8, 4) is 0 Å². The first-order valence-electron chi connectivity index (χ1n) is 11.3. The zero-order valence-electron chi connectivity index (χ0n) is 19.4. The fourth-order valence-corrected chi connectivity index (χ4v) is 5.98. The van der Waals surface area contributed by atoms with Crippen LogP contribution in [0.2, 0.25) is 0 Å². The number of aryl methyl sites for hydroxylation is 3. The predicted molar refractivity (Wildman–Crippen MR) is 129 cm³/mol. The minimum atomic E-state index is -4.00. The van der Waals surface area contributed by atoms with E-state index in [0.29, 0.717) is 24.4 Å². The van der Waals surface area contributed by atoms with Gasteiger partial charge in [-0.2, -0.15) is 0 Å². The summed E-state index contributed by atoms with van der Waals surface area (Å²) in [6, 6.07) is 9.98. The van der Waals surface area contributed by atoms with Crippen LogP contribution in [0.3, 0.4) is 0 Å². The standard InChI is InChI=1S/C25H26N4O4S/c1-15-8-9-19(12-17(15)3)34(31,32)21-13-20-24(29(22(21)26)14-18-7-5-11-33-18)27-23-16(2)6-4-10-28(23)25(20)30/h4,6,8-10,12-13,18,26H,5,7,11,14H2,1-3H3/p+1/t18-/m0/s1. The Labute approximate surface area is 197 Å². The molecule has 0 saturated carbocycles. The number of hydrogen-bond acceptors (Lipinski definition) is 6. The molecule has 0 unspecified atom stereocenters. The van der Waals surface area contributed by atoms with Crippen LogP contribution < -0.4 is 15.9 Å². The van der Waals surface area contributed by atoms with Gasteiger partial charge in [0.25, 0.3) is 11.2 Å². The lowest BCUT2D eigenvalue weighted by Gasteiger charge is -2.16. The van der Waals surface area contributed by atoms with Gasteiger partial charge >= 0.3 is 0 Å². The van der Waals surface area contributed by atoms with Crippen molar-refractivity contribution < 1.29 is 17.7 Å². The number of aromatic nitrogens is 3. The molecule has 34 heavy (non-hydrogen) atoms. The summed E-state index contributed by atoms with van der Waals surface area (Å²) in [4.78, 5) is 18.3. The molecule has 0 radical (unpaired) electrons. The minimum absolute atomic E-state index is 0.0473. The molecule has 1 aliphatic heterocycles. The van der Waals surface area contributed by atoms with Crippen molar-refractivity contribution in [3.05, 3.63) is 69.6 Å². The smallest absolute Gasteiger partial charge is 0.278 e. The SMILES string of the molecule is Cc1ccc(S(=O)(=O)c2cc3c(=O)n4cccc(C)c4nc3[n+](C[C@@H]3CCCO3)c2N)cc1C. The number of nitrogens with two attached hydrogens (primary N) is 1. The van der Waals surface area contributed by atoms with Gasteiger partial charge in [0.1, 0.15) is 10.3 Å². The molecule has 1 saturated heterocycles. The van der Waals surface area contributed by atoms with E-state index in [2.05, 4.69) is 0 Å². The van der Waals surface area contributed by atoms with Gasteiger partial charge in [-0.05, 0) is 69.0 Å². The lowest BCUT2D eigenvalue weighted by atomic mass is 10.1. The maximum atomic E-state index is 13.7. The van der Waals surface area contributed by atoms with Crippen LogP contribution in [0.1, 0.15) is 29.5 Å². The Morgan fingerprint density at radius 3 is 2.65 bits per heavy atom. The highest BCUT2D eigenvalue weighted by atomic mass is 32.2. The number of hydrogen-bond donors (Lipinski definition) is 1. The van der Waals surface area contributed by atoms with Gasteiger partial charge in [-0.25, -0.2) is 13.0 Å². The number of ether oxygens (including phenoxy) is 1. The molecule has 4 aromatic rings. The number of pyridine rings is 2. The molecule has 3 aromatic heterocycles. The van der Waals surface area contributed by atoms with E-state index < -0.39 is 9.84 Å². The van der Waals surface area contributed by atoms with E-state index in [4.69, 9.17) is 15.5 Å². The molecule has 1 aliphatic rings. The summed E-state index contributed by atoms with van der Waals surface area (Å²) in [5, 5.41) is 0.192. The van der Waals surface area contributed by atoms with Gasteiger partial charge in [-0.15, -0.1) is 0 Å². The van der Waals surface area contributed by atoms with Crippen molar-refractivity contribution >= 4 is 32.3 Å². The summed E-state index contributed by atoms with van der Waals surface area (Å²) >= 11 is 0. The van der Waals surface area contributed by atoms with Gasteiger partial charge in [0.05, 0.1) is 17.5 Å². The number of anilines is 1. The Balaban J connectivity index is 1.84. The van der Waals surface area contributed by atoms with E-state index in [9.17, 15) is 13.2 Å². The molecule has 0 aliphatic carbocycles. The fourth-order valence-electron chi connectivity index (χ4n) is 4.48. The Morgan fingerprint density at radius 1 is 1.15 bits per heavy atom. The molecule has 5 rings (SSSR count). The van der Waals surface area contributed by atoms with Crippen LogP contribution in [-0.4, -0.2) is 30.5 Å². The lowest BCUT2D eigenvalue weighted by Crippen LogP contribution is -2.45. The molecular weight excluding hydrogens is 452 g/mol. The zero-order chi connectivity index (χ0) is 24.2. The second-order valence-corrected chi connectivity index (χ2v) is 10.8. The van der Waals surface area contributed by atoms with Crippen LogP contribution in [0.25, 0.3) is 16.7 Å². The van der Waals surface area contributed by atoms with Gasteiger partial charge in [0.2, 0.25) is 21.3 Å². The maximum Gasteiger partial charge on any atom is 0.278 e. The molecule has 9 heteroatoms. The van der Waals surface area contributed by atoms with Crippen LogP contribution in [0, 0.1) is 20.8 Å². The number of fused-ring (bicyclic) bond motifs is 2. The topological polar surface area (TPSA) is 108 Å². The molecule has 1 fully saturated rings. The summed E-state index contributed by atoms with van der Waals surface area (Å²) in [6.07, 6.45) is 3.25. The van der Waals surface area contributed by atoms with Crippen molar-refractivity contribution in [2.75, 3.05) is 12.3 Å². The largest absolute Gasteiger partial charge is 0.375 e. The molecule has 2 N–H and O–H groups in total. The van der Waals surface area contributed by atoms with Gasteiger partial charge in [0, 0.05) is 18.4 Å². The van der Waals surface area contributed by atoms with E-state index in [1.165, 1.54) is 10.5 Å². The van der Waals surface area contributed by atoms with E-state index in [-0.39, 0.29) is 32.7 Å². The van der Waals surface area contributed by atoms with Crippen LogP contribution in [0.4, 0.5) is 5.82 Å². The molecule has 0 bridgehead atoms. The van der Waals surface area contributed by atoms with Gasteiger partial charge < -0.3 is 10.5 Å². The quantitative estimate of drug-likeness (QED) is 0.356. The summed E-state index contributed by atoms with van der Waals surface area (Å²) < 4.78 is 36.3. The predicted octanol–water partition coefficient (Wildman–Crippen LogP) is 2.65. The molecule has 0 amide bonds. The van der Waals surface area contributed by atoms with Crippen molar-refractivity contribution in [2.45, 2.75) is 56.1 Å². The number of nitrogen functional groups attached to an aromatic ring is 1. The summed E-state index contributed by atoms with van der Waals surface area (Å²) in [5.41, 5.74) is 9.72. The molecule has 4 heterocycles. The third kappa shape index (κ3) is 3.56. The van der Waals surface area contributed by atoms with Crippen LogP contribution >= 0.6 is 0 Å². The molecule has 8 nitrogen and oxygen atoms in total. The average molecular weight is 480 g/mol. The zero-order valence-corrected chi connectivity index (χ0v) is 20.2. The number of benzene rings is 1. The summed E-state index contributed by atoms with van der Waals surface area (Å²) in [5.74, 6) is 0.0473. The highest BCUT2D eigenvalue weighted by Gasteiger charge is 2.31. The highest BCUT2D eigenvalue weighted by Crippen LogP contribution is 2.28. The first-order chi connectivity index (χ1) is 16.2. The fraction of sp³-hybridized carbons (Fsp3) is 0.320. The third-order valence-corrected chi connectivity index (χ3v) is 8.41. The van der Waals surface area contributed by atoms with Crippen molar-refractivity contribution in [2.24, 2.45) is 0 Å². The lowest BCUT2D eigenvalue weighted by molar-refractivity contribution is -0.667. The second-order valence-electron chi connectivity index (χ2n) is 8.93. The molecule has 1 atom stereocenters. The monoisotopic (exact) mass is 479 g/mol. The third-order valence-electron chi connectivity index (χ3n) is 6.63. The van der Waals surface area contributed by atoms with E-state index in [1.54, 1.807) is 35.0 Å². The Hall–Kier alpha value is -3.30. The molecule has 0 spiro atoms. The number of rotatable bonds is 4. The van der Waals surface area contributed by atoms with E-state index >= 15 is 0 Å². The van der Waals surface area contributed by atoms with Gasteiger partial charge in [0.15, 0.2) is 0 Å². The normalized spacial score (nSPS) is 16.5. The van der Waals surface area contributed by atoms with E-state index in [0.717, 1.165) is 29.5 Å². The van der Waals surface area contributed by atoms with Crippen LogP contribution in [0.5, 0.6) is 0 Å². The Bertz CT molecular complexity index is 1620. The van der Waals surface area contributed by atoms with Gasteiger partial charge in [-0.3, -0.25) is 9.20 Å². The summed E-state index contributed by atoms with van der Waals surface area (Å²) in [7, 11) is -4.00. The van der Waals surface area contributed by atoms with Crippen LogP contribution in [0.15, 0.2) is 57.2 Å². The van der Waals surface area contributed by atoms with E-state index in [1.807, 2.05) is 26.8 Å². The molecule has 1 aromatic carbocycles. The first-order valence-corrected chi connectivity index (χ1v) is 12.7. The van der Waals surface area contributed by atoms with Crippen LogP contribution in [-0.2, 0) is 21.1 Å². The molecular formula is C25H27N4O4S+. The average Bonchev–Trinajstić information content (AvgIpc) is 3.31. The first kappa shape index (κ1) is 22.5. The van der Waals surface area contributed by atoms with Crippen molar-refractivity contribution in [1.82, 2.24) is 9.38 Å². The Kier molecular flexibility index (Phi) is 5.41. The second kappa shape index (κ2) is 8.18. The number of sulfone groups is 1.